The average molecular weight is 242 g/mol. The van der Waals surface area contributed by atoms with Crippen molar-refractivity contribution in [3.05, 3.63) is 35.4 Å². The highest BCUT2D eigenvalue weighted by Gasteiger charge is 2.17. The topological polar surface area (TPSA) is 38.0 Å². The summed E-state index contributed by atoms with van der Waals surface area (Å²) in [5.41, 5.74) is 11.3. The van der Waals surface area contributed by atoms with Gasteiger partial charge in [-0.05, 0) is 74.4 Å². The zero-order chi connectivity index (χ0) is 12.4. The largest absolute Gasteiger partial charge is 0.398 e. The van der Waals surface area contributed by atoms with Crippen LogP contribution < -0.4 is 11.1 Å². The number of hydrogen-bond donors (Lipinski definition) is 2. The van der Waals surface area contributed by atoms with Crippen molar-refractivity contribution in [1.29, 1.82) is 0 Å². The first-order chi connectivity index (χ1) is 8.84. The third-order valence-corrected chi connectivity index (χ3v) is 4.27. The minimum absolute atomic E-state index is 0.715. The number of rotatable bonds is 2. The van der Waals surface area contributed by atoms with Crippen LogP contribution >= 0.6 is 0 Å². The van der Waals surface area contributed by atoms with Gasteiger partial charge in [-0.15, -0.1) is 0 Å². The minimum Gasteiger partial charge on any atom is -0.398 e. The maximum Gasteiger partial charge on any atom is 0.0390 e. The van der Waals surface area contributed by atoms with Gasteiger partial charge in [-0.25, -0.2) is 0 Å². The third kappa shape index (κ3) is 2.30. The molecule has 0 atom stereocenters. The maximum atomic E-state index is 6.15. The molecule has 2 aliphatic rings. The number of hydrogen-bond acceptors (Lipinski definition) is 2. The van der Waals surface area contributed by atoms with E-state index in [4.69, 9.17) is 5.73 Å². The van der Waals surface area contributed by atoms with Gasteiger partial charge in [0.15, 0.2) is 0 Å². The van der Waals surface area contributed by atoms with Crippen molar-refractivity contribution >= 4 is 11.3 Å². The van der Waals surface area contributed by atoms with E-state index in [1.54, 1.807) is 0 Å². The Hall–Kier alpha value is -1.28. The summed E-state index contributed by atoms with van der Waals surface area (Å²) in [5.74, 6) is 0.715. The molecule has 1 aliphatic heterocycles. The summed E-state index contributed by atoms with van der Waals surface area (Å²) < 4.78 is 0. The van der Waals surface area contributed by atoms with Gasteiger partial charge in [0.1, 0.15) is 0 Å². The monoisotopic (exact) mass is 242 g/mol. The molecule has 3 rings (SSSR count). The molecular formula is C16H22N2. The number of nitrogen functional groups attached to an aromatic ring is 1. The second-order valence-electron chi connectivity index (χ2n) is 5.49. The fourth-order valence-corrected chi connectivity index (χ4v) is 3.18. The molecule has 2 nitrogen and oxygen atoms in total. The quantitative estimate of drug-likeness (QED) is 0.781. The van der Waals surface area contributed by atoms with Gasteiger partial charge in [0.2, 0.25) is 0 Å². The predicted octanol–water partition coefficient (Wildman–Crippen LogP) is 3.30. The molecule has 3 N–H and O–H groups in total. The molecule has 96 valence electrons. The molecule has 1 aliphatic carbocycles. The summed E-state index contributed by atoms with van der Waals surface area (Å²) in [5, 5.41) is 3.43. The molecule has 1 saturated heterocycles. The lowest BCUT2D eigenvalue weighted by molar-refractivity contribution is 0.460. The number of benzene rings is 1. The van der Waals surface area contributed by atoms with Crippen LogP contribution in [0.1, 0.15) is 49.1 Å². The highest BCUT2D eigenvalue weighted by atomic mass is 14.9. The molecule has 0 saturated carbocycles. The van der Waals surface area contributed by atoms with E-state index >= 15 is 0 Å². The molecule has 1 heterocycles. The molecule has 0 unspecified atom stereocenters. The molecule has 1 fully saturated rings. The van der Waals surface area contributed by atoms with E-state index in [0.29, 0.717) is 5.92 Å². The van der Waals surface area contributed by atoms with Crippen LogP contribution in [0, 0.1) is 0 Å². The first-order valence-electron chi connectivity index (χ1n) is 7.14. The number of nitrogens with two attached hydrogens (primary N) is 1. The van der Waals surface area contributed by atoms with Gasteiger partial charge in [-0.3, -0.25) is 0 Å². The number of nitrogens with one attached hydrogen (secondary N) is 1. The molecule has 0 amide bonds. The van der Waals surface area contributed by atoms with Crippen LogP contribution in [-0.2, 0) is 0 Å². The second kappa shape index (κ2) is 5.15. The van der Waals surface area contributed by atoms with E-state index in [2.05, 4.69) is 29.6 Å². The van der Waals surface area contributed by atoms with Gasteiger partial charge < -0.3 is 11.1 Å². The van der Waals surface area contributed by atoms with E-state index in [-0.39, 0.29) is 0 Å². The number of anilines is 1. The Morgan fingerprint density at radius 1 is 1.17 bits per heavy atom. The van der Waals surface area contributed by atoms with E-state index in [0.717, 1.165) is 18.8 Å². The van der Waals surface area contributed by atoms with Crippen molar-refractivity contribution < 1.29 is 0 Å². The smallest absolute Gasteiger partial charge is 0.0390 e. The van der Waals surface area contributed by atoms with Gasteiger partial charge >= 0.3 is 0 Å². The van der Waals surface area contributed by atoms with Gasteiger partial charge in [0.25, 0.3) is 0 Å². The molecule has 1 aromatic rings. The van der Waals surface area contributed by atoms with Crippen molar-refractivity contribution in [1.82, 2.24) is 5.32 Å². The zero-order valence-electron chi connectivity index (χ0n) is 10.9. The van der Waals surface area contributed by atoms with Gasteiger partial charge in [0.05, 0.1) is 0 Å². The first kappa shape index (κ1) is 11.8. The molecule has 2 heteroatoms. The Labute approximate surface area is 109 Å². The van der Waals surface area contributed by atoms with Crippen LogP contribution in [0.4, 0.5) is 5.69 Å². The van der Waals surface area contributed by atoms with Crippen LogP contribution in [0.15, 0.2) is 24.3 Å². The maximum absolute atomic E-state index is 6.15. The Bertz CT molecular complexity index is 456. The molecular weight excluding hydrogens is 220 g/mol. The predicted molar refractivity (Wildman–Crippen MR) is 77.5 cm³/mol. The summed E-state index contributed by atoms with van der Waals surface area (Å²) in [7, 11) is 0. The third-order valence-electron chi connectivity index (χ3n) is 4.27. The Morgan fingerprint density at radius 3 is 2.72 bits per heavy atom. The zero-order valence-corrected chi connectivity index (χ0v) is 10.9. The van der Waals surface area contributed by atoms with Crippen molar-refractivity contribution in [2.24, 2.45) is 0 Å². The SMILES string of the molecule is Nc1ccc(C2CCNCC2)cc1C1=CCCC1. The lowest BCUT2D eigenvalue weighted by Gasteiger charge is -2.24. The minimum atomic E-state index is 0.715. The lowest BCUT2D eigenvalue weighted by atomic mass is 9.88. The molecule has 0 radical (unpaired) electrons. The number of piperidine rings is 1. The van der Waals surface area contributed by atoms with Crippen LogP contribution in [0.5, 0.6) is 0 Å². The average Bonchev–Trinajstić information content (AvgIpc) is 2.94. The molecule has 0 spiro atoms. The van der Waals surface area contributed by atoms with Crippen molar-refractivity contribution in [2.45, 2.75) is 38.0 Å². The van der Waals surface area contributed by atoms with E-state index in [9.17, 15) is 0 Å². The second-order valence-corrected chi connectivity index (χ2v) is 5.49. The normalized spacial score (nSPS) is 21.0. The van der Waals surface area contributed by atoms with Crippen LogP contribution in [-0.4, -0.2) is 13.1 Å². The fourth-order valence-electron chi connectivity index (χ4n) is 3.18. The van der Waals surface area contributed by atoms with Gasteiger partial charge in [0, 0.05) is 11.3 Å². The summed E-state index contributed by atoms with van der Waals surface area (Å²) in [6.45, 7) is 2.29. The van der Waals surface area contributed by atoms with E-state index in [1.165, 1.54) is 48.8 Å². The van der Waals surface area contributed by atoms with Crippen molar-refractivity contribution in [2.75, 3.05) is 18.8 Å². The Morgan fingerprint density at radius 2 is 2.00 bits per heavy atom. The van der Waals surface area contributed by atoms with Gasteiger partial charge in [-0.2, -0.15) is 0 Å². The summed E-state index contributed by atoms with van der Waals surface area (Å²) in [4.78, 5) is 0. The van der Waals surface area contributed by atoms with E-state index < -0.39 is 0 Å². The number of allylic oxidation sites excluding steroid dienone is 2. The summed E-state index contributed by atoms with van der Waals surface area (Å²) in [6.07, 6.45) is 8.56. The lowest BCUT2D eigenvalue weighted by Crippen LogP contribution is -2.26. The first-order valence-corrected chi connectivity index (χ1v) is 7.14. The van der Waals surface area contributed by atoms with Crippen molar-refractivity contribution in [3.63, 3.8) is 0 Å². The molecule has 0 bridgehead atoms. The molecule has 0 aromatic heterocycles. The van der Waals surface area contributed by atoms with E-state index in [1.807, 2.05) is 0 Å². The Kier molecular flexibility index (Phi) is 3.37. The summed E-state index contributed by atoms with van der Waals surface area (Å²) in [6, 6.07) is 6.68. The van der Waals surface area contributed by atoms with Crippen LogP contribution in [0.2, 0.25) is 0 Å². The highest BCUT2D eigenvalue weighted by molar-refractivity contribution is 5.76. The molecule has 1 aromatic carbocycles. The highest BCUT2D eigenvalue weighted by Crippen LogP contribution is 2.34. The molecule has 18 heavy (non-hydrogen) atoms. The van der Waals surface area contributed by atoms with Crippen molar-refractivity contribution in [3.8, 4) is 0 Å². The Balaban J connectivity index is 1.89. The van der Waals surface area contributed by atoms with Crippen LogP contribution in [0.3, 0.4) is 0 Å². The van der Waals surface area contributed by atoms with Gasteiger partial charge in [-0.1, -0.05) is 12.1 Å². The summed E-state index contributed by atoms with van der Waals surface area (Å²) >= 11 is 0. The fraction of sp³-hybridized carbons (Fsp3) is 0.500. The standard InChI is InChI=1S/C16H22N2/c17-16-6-5-14(12-7-9-18-10-8-12)11-15(16)13-3-1-2-4-13/h3,5-6,11-12,18H,1-2,4,7-10,17H2. The van der Waals surface area contributed by atoms with Crippen LogP contribution in [0.25, 0.3) is 5.57 Å².